The van der Waals surface area contributed by atoms with Crippen LogP contribution in [0.4, 0.5) is 0 Å². The van der Waals surface area contributed by atoms with Crippen LogP contribution in [0.15, 0.2) is 54.6 Å². The van der Waals surface area contributed by atoms with Crippen LogP contribution in [-0.2, 0) is 9.47 Å². The summed E-state index contributed by atoms with van der Waals surface area (Å²) in [6, 6.07) is 18.7. The molecule has 2 heterocycles. The Morgan fingerprint density at radius 2 is 1.32 bits per heavy atom. The number of hydrogen-bond acceptors (Lipinski definition) is 3. The van der Waals surface area contributed by atoms with Crippen LogP contribution in [0.3, 0.4) is 0 Å². The van der Waals surface area contributed by atoms with Gasteiger partial charge in [-0.1, -0.05) is 42.5 Å². The Morgan fingerprint density at radius 3 is 1.86 bits per heavy atom. The summed E-state index contributed by atoms with van der Waals surface area (Å²) in [7, 11) is 1.69. The average Bonchev–Trinajstić information content (AvgIpc) is 3.17. The summed E-state index contributed by atoms with van der Waals surface area (Å²) < 4.78 is 17.4. The first kappa shape index (κ1) is 13.8. The molecule has 114 valence electrons. The van der Waals surface area contributed by atoms with Gasteiger partial charge in [0.15, 0.2) is 0 Å². The molecule has 3 heteroatoms. The SMILES string of the molecule is COc1ccc([C@H]2OC[C@@H]3[C@H]2CO[C@H]3c2ccccc2)cc1. The molecule has 0 bridgehead atoms. The van der Waals surface area contributed by atoms with Crippen molar-refractivity contribution in [1.82, 2.24) is 0 Å². The van der Waals surface area contributed by atoms with Crippen molar-refractivity contribution in [2.24, 2.45) is 11.8 Å². The summed E-state index contributed by atoms with van der Waals surface area (Å²) in [6.45, 7) is 1.53. The highest BCUT2D eigenvalue weighted by molar-refractivity contribution is 5.30. The third kappa shape index (κ3) is 2.31. The van der Waals surface area contributed by atoms with E-state index < -0.39 is 0 Å². The molecule has 2 saturated heterocycles. The second-order valence-electron chi connectivity index (χ2n) is 6.02. The van der Waals surface area contributed by atoms with E-state index in [1.54, 1.807) is 7.11 Å². The minimum absolute atomic E-state index is 0.129. The molecule has 2 aliphatic heterocycles. The van der Waals surface area contributed by atoms with E-state index in [-0.39, 0.29) is 12.2 Å². The third-order valence-electron chi connectivity index (χ3n) is 4.84. The molecule has 0 amide bonds. The zero-order chi connectivity index (χ0) is 14.9. The number of ether oxygens (including phenoxy) is 3. The minimum Gasteiger partial charge on any atom is -0.497 e. The Bertz CT molecular complexity index is 623. The van der Waals surface area contributed by atoms with Crippen molar-refractivity contribution < 1.29 is 14.2 Å². The first-order chi connectivity index (χ1) is 10.9. The highest BCUT2D eigenvalue weighted by atomic mass is 16.5. The van der Waals surface area contributed by atoms with Crippen LogP contribution in [-0.4, -0.2) is 20.3 Å². The van der Waals surface area contributed by atoms with Crippen molar-refractivity contribution in [3.8, 4) is 5.75 Å². The van der Waals surface area contributed by atoms with Crippen LogP contribution < -0.4 is 4.74 Å². The molecule has 2 aromatic carbocycles. The van der Waals surface area contributed by atoms with E-state index in [2.05, 4.69) is 36.4 Å². The molecule has 0 aromatic heterocycles. The molecule has 2 aromatic rings. The third-order valence-corrected chi connectivity index (χ3v) is 4.84. The Balaban J connectivity index is 1.55. The first-order valence-corrected chi connectivity index (χ1v) is 7.79. The molecule has 2 fully saturated rings. The Labute approximate surface area is 130 Å². The van der Waals surface area contributed by atoms with Crippen LogP contribution >= 0.6 is 0 Å². The molecule has 0 N–H and O–H groups in total. The summed E-state index contributed by atoms with van der Waals surface area (Å²) in [5.74, 6) is 1.75. The van der Waals surface area contributed by atoms with Crippen molar-refractivity contribution in [2.45, 2.75) is 12.2 Å². The van der Waals surface area contributed by atoms with Crippen LogP contribution in [0.1, 0.15) is 23.3 Å². The highest BCUT2D eigenvalue weighted by Crippen LogP contribution is 2.50. The van der Waals surface area contributed by atoms with E-state index in [4.69, 9.17) is 14.2 Å². The number of methoxy groups -OCH3 is 1. The summed E-state index contributed by atoms with van der Waals surface area (Å²) in [6.07, 6.45) is 0.291. The number of benzene rings is 2. The van der Waals surface area contributed by atoms with Crippen LogP contribution in [0, 0.1) is 11.8 Å². The van der Waals surface area contributed by atoms with E-state index in [1.165, 1.54) is 11.1 Å². The van der Waals surface area contributed by atoms with Gasteiger partial charge in [-0.25, -0.2) is 0 Å². The van der Waals surface area contributed by atoms with E-state index >= 15 is 0 Å². The molecule has 22 heavy (non-hydrogen) atoms. The van der Waals surface area contributed by atoms with E-state index in [0.29, 0.717) is 11.8 Å². The monoisotopic (exact) mass is 296 g/mol. The molecule has 0 saturated carbocycles. The number of hydrogen-bond donors (Lipinski definition) is 0. The maximum Gasteiger partial charge on any atom is 0.118 e. The molecular formula is C19H20O3. The molecular weight excluding hydrogens is 276 g/mol. The van der Waals surface area contributed by atoms with Gasteiger partial charge in [-0.3, -0.25) is 0 Å². The molecule has 4 rings (SSSR count). The molecule has 3 nitrogen and oxygen atoms in total. The van der Waals surface area contributed by atoms with Crippen molar-refractivity contribution in [1.29, 1.82) is 0 Å². The van der Waals surface area contributed by atoms with Gasteiger partial charge in [0, 0.05) is 11.8 Å². The van der Waals surface area contributed by atoms with Gasteiger partial charge >= 0.3 is 0 Å². The lowest BCUT2D eigenvalue weighted by Gasteiger charge is -2.17. The second-order valence-corrected chi connectivity index (χ2v) is 6.02. The molecule has 4 atom stereocenters. The lowest BCUT2D eigenvalue weighted by Crippen LogP contribution is -2.14. The fourth-order valence-corrected chi connectivity index (χ4v) is 3.67. The van der Waals surface area contributed by atoms with E-state index in [1.807, 2.05) is 18.2 Å². The summed E-state index contributed by atoms with van der Waals surface area (Å²) in [4.78, 5) is 0. The predicted molar refractivity (Wildman–Crippen MR) is 83.8 cm³/mol. The zero-order valence-corrected chi connectivity index (χ0v) is 12.6. The summed E-state index contributed by atoms with van der Waals surface area (Å²) >= 11 is 0. The highest BCUT2D eigenvalue weighted by Gasteiger charge is 2.47. The number of rotatable bonds is 3. The summed E-state index contributed by atoms with van der Waals surface area (Å²) in [5.41, 5.74) is 2.47. The van der Waals surface area contributed by atoms with Gasteiger partial charge in [0.05, 0.1) is 32.5 Å². The average molecular weight is 296 g/mol. The van der Waals surface area contributed by atoms with Gasteiger partial charge in [0.2, 0.25) is 0 Å². The van der Waals surface area contributed by atoms with Crippen LogP contribution in [0.2, 0.25) is 0 Å². The standard InChI is InChI=1S/C19H20O3/c1-20-15-9-7-14(8-10-15)19-17-12-21-18(16(17)11-22-19)13-5-3-2-4-6-13/h2-10,16-19H,11-12H2,1H3/t16-,17-,18+,19-/m1/s1. The van der Waals surface area contributed by atoms with Crippen LogP contribution in [0.5, 0.6) is 5.75 Å². The zero-order valence-electron chi connectivity index (χ0n) is 12.6. The van der Waals surface area contributed by atoms with Crippen molar-refractivity contribution >= 4 is 0 Å². The van der Waals surface area contributed by atoms with Gasteiger partial charge in [-0.05, 0) is 23.3 Å². The smallest absolute Gasteiger partial charge is 0.118 e. The minimum atomic E-state index is 0.129. The van der Waals surface area contributed by atoms with Gasteiger partial charge in [0.1, 0.15) is 5.75 Å². The maximum absolute atomic E-state index is 6.11. The van der Waals surface area contributed by atoms with E-state index in [9.17, 15) is 0 Å². The van der Waals surface area contributed by atoms with Crippen molar-refractivity contribution in [2.75, 3.05) is 20.3 Å². The second kappa shape index (κ2) is 5.75. The molecule has 0 spiro atoms. The Hall–Kier alpha value is -1.84. The van der Waals surface area contributed by atoms with Crippen molar-refractivity contribution in [3.05, 3.63) is 65.7 Å². The number of fused-ring (bicyclic) bond motifs is 1. The Morgan fingerprint density at radius 1 is 0.773 bits per heavy atom. The topological polar surface area (TPSA) is 27.7 Å². The van der Waals surface area contributed by atoms with Gasteiger partial charge in [-0.15, -0.1) is 0 Å². The van der Waals surface area contributed by atoms with Crippen LogP contribution in [0.25, 0.3) is 0 Å². The van der Waals surface area contributed by atoms with Gasteiger partial charge < -0.3 is 14.2 Å². The molecule has 0 unspecified atom stereocenters. The quantitative estimate of drug-likeness (QED) is 0.863. The lowest BCUT2D eigenvalue weighted by atomic mass is 9.85. The molecule has 0 radical (unpaired) electrons. The van der Waals surface area contributed by atoms with Crippen molar-refractivity contribution in [3.63, 3.8) is 0 Å². The van der Waals surface area contributed by atoms with E-state index in [0.717, 1.165) is 19.0 Å². The van der Waals surface area contributed by atoms with Gasteiger partial charge in [0.25, 0.3) is 0 Å². The van der Waals surface area contributed by atoms with Gasteiger partial charge in [-0.2, -0.15) is 0 Å². The normalized spacial score (nSPS) is 30.2. The molecule has 0 aliphatic carbocycles. The largest absolute Gasteiger partial charge is 0.497 e. The molecule has 2 aliphatic rings. The predicted octanol–water partition coefficient (Wildman–Crippen LogP) is 3.77. The summed E-state index contributed by atoms with van der Waals surface area (Å²) in [5, 5.41) is 0. The fraction of sp³-hybridized carbons (Fsp3) is 0.368. The Kier molecular flexibility index (Phi) is 3.60. The first-order valence-electron chi connectivity index (χ1n) is 7.79. The fourth-order valence-electron chi connectivity index (χ4n) is 3.67. The lowest BCUT2D eigenvalue weighted by molar-refractivity contribution is 0.0193. The maximum atomic E-state index is 6.11.